The van der Waals surface area contributed by atoms with Crippen molar-refractivity contribution in [3.05, 3.63) is 34.7 Å². The second-order valence-electron chi connectivity index (χ2n) is 4.14. The van der Waals surface area contributed by atoms with Gasteiger partial charge < -0.3 is 15.4 Å². The summed E-state index contributed by atoms with van der Waals surface area (Å²) in [6.07, 6.45) is 0.740. The maximum absolute atomic E-state index is 9.26. The number of nitrogens with zero attached hydrogens (tertiary/aromatic N) is 3. The minimum Gasteiger partial charge on any atom is -0.508 e. The Hall–Kier alpha value is -2.25. The molecule has 0 saturated heterocycles. The molecule has 0 radical (unpaired) electrons. The Kier molecular flexibility index (Phi) is 3.44. The van der Waals surface area contributed by atoms with Crippen LogP contribution in [-0.2, 0) is 6.42 Å². The van der Waals surface area contributed by atoms with Crippen LogP contribution in [-0.4, -0.2) is 26.8 Å². The van der Waals surface area contributed by atoms with Gasteiger partial charge in [-0.15, -0.1) is 11.3 Å². The number of aromatic nitrogens is 3. The van der Waals surface area contributed by atoms with Gasteiger partial charge in [-0.2, -0.15) is 4.98 Å². The summed E-state index contributed by atoms with van der Waals surface area (Å²) in [7, 11) is 0. The minimum atomic E-state index is 0.198. The maximum atomic E-state index is 9.26. The molecule has 102 valence electrons. The highest BCUT2D eigenvalue weighted by Gasteiger charge is 2.13. The number of benzene rings is 1. The number of rotatable bonds is 4. The SMILES string of the molecule is NCCc1nc(-c2nc(-c3ccc(O)cc3)no2)cs1. The first-order valence-corrected chi connectivity index (χ1v) is 6.92. The first-order chi connectivity index (χ1) is 9.76. The van der Waals surface area contributed by atoms with E-state index in [0.717, 1.165) is 17.0 Å². The number of hydrogen-bond acceptors (Lipinski definition) is 7. The van der Waals surface area contributed by atoms with E-state index in [1.165, 1.54) is 11.3 Å². The fourth-order valence-electron chi connectivity index (χ4n) is 1.70. The Labute approximate surface area is 118 Å². The molecule has 0 saturated carbocycles. The van der Waals surface area contributed by atoms with Gasteiger partial charge >= 0.3 is 0 Å². The van der Waals surface area contributed by atoms with Gasteiger partial charge in [-0.05, 0) is 30.8 Å². The van der Waals surface area contributed by atoms with Crippen molar-refractivity contribution in [2.45, 2.75) is 6.42 Å². The number of phenols is 1. The van der Waals surface area contributed by atoms with Crippen molar-refractivity contribution < 1.29 is 9.63 Å². The van der Waals surface area contributed by atoms with E-state index in [2.05, 4.69) is 15.1 Å². The quantitative estimate of drug-likeness (QED) is 0.762. The summed E-state index contributed by atoms with van der Waals surface area (Å²) >= 11 is 1.52. The van der Waals surface area contributed by atoms with Crippen molar-refractivity contribution in [1.82, 2.24) is 15.1 Å². The summed E-state index contributed by atoms with van der Waals surface area (Å²) in [4.78, 5) is 8.70. The van der Waals surface area contributed by atoms with E-state index in [1.807, 2.05) is 5.38 Å². The molecule has 0 unspecified atom stereocenters. The highest BCUT2D eigenvalue weighted by Crippen LogP contribution is 2.24. The lowest BCUT2D eigenvalue weighted by atomic mass is 10.2. The second-order valence-corrected chi connectivity index (χ2v) is 5.08. The molecule has 0 aliphatic rings. The number of aromatic hydroxyl groups is 1. The molecule has 1 aromatic carbocycles. The van der Waals surface area contributed by atoms with Crippen LogP contribution in [0.2, 0.25) is 0 Å². The summed E-state index contributed by atoms with van der Waals surface area (Å²) in [5, 5.41) is 16.0. The van der Waals surface area contributed by atoms with E-state index in [-0.39, 0.29) is 5.75 Å². The van der Waals surface area contributed by atoms with E-state index in [9.17, 15) is 5.11 Å². The van der Waals surface area contributed by atoms with Crippen LogP contribution in [0.5, 0.6) is 5.75 Å². The van der Waals surface area contributed by atoms with Crippen LogP contribution >= 0.6 is 11.3 Å². The fraction of sp³-hybridized carbons (Fsp3) is 0.154. The highest BCUT2D eigenvalue weighted by molar-refractivity contribution is 7.09. The molecule has 0 bridgehead atoms. The summed E-state index contributed by atoms with van der Waals surface area (Å²) in [6.45, 7) is 0.565. The lowest BCUT2D eigenvalue weighted by Gasteiger charge is -1.93. The maximum Gasteiger partial charge on any atom is 0.277 e. The smallest absolute Gasteiger partial charge is 0.277 e. The largest absolute Gasteiger partial charge is 0.508 e. The van der Waals surface area contributed by atoms with E-state index in [1.54, 1.807) is 24.3 Å². The van der Waals surface area contributed by atoms with Gasteiger partial charge in [-0.3, -0.25) is 0 Å². The summed E-state index contributed by atoms with van der Waals surface area (Å²) < 4.78 is 5.22. The summed E-state index contributed by atoms with van der Waals surface area (Å²) in [5.74, 6) is 1.05. The molecule has 0 fully saturated rings. The van der Waals surface area contributed by atoms with E-state index >= 15 is 0 Å². The molecule has 0 aliphatic heterocycles. The van der Waals surface area contributed by atoms with Crippen LogP contribution < -0.4 is 5.73 Å². The molecular weight excluding hydrogens is 276 g/mol. The van der Waals surface area contributed by atoms with Crippen LogP contribution in [0.25, 0.3) is 23.0 Å². The Balaban J connectivity index is 1.87. The monoisotopic (exact) mass is 288 g/mol. The zero-order valence-corrected chi connectivity index (χ0v) is 11.3. The van der Waals surface area contributed by atoms with Crippen LogP contribution in [0.1, 0.15) is 5.01 Å². The molecule has 0 amide bonds. The van der Waals surface area contributed by atoms with Crippen LogP contribution in [0, 0.1) is 0 Å². The van der Waals surface area contributed by atoms with E-state index < -0.39 is 0 Å². The number of hydrogen-bond donors (Lipinski definition) is 2. The number of thiazole rings is 1. The Morgan fingerprint density at radius 3 is 2.75 bits per heavy atom. The molecular formula is C13H12N4O2S. The average Bonchev–Trinajstić information content (AvgIpc) is 3.08. The summed E-state index contributed by atoms with van der Waals surface area (Å²) in [6, 6.07) is 6.61. The average molecular weight is 288 g/mol. The Morgan fingerprint density at radius 2 is 2.00 bits per heavy atom. The normalized spacial score (nSPS) is 10.8. The lowest BCUT2D eigenvalue weighted by Crippen LogP contribution is -2.01. The molecule has 3 aromatic rings. The minimum absolute atomic E-state index is 0.198. The van der Waals surface area contributed by atoms with Crippen molar-refractivity contribution in [3.63, 3.8) is 0 Å². The molecule has 0 spiro atoms. The van der Waals surface area contributed by atoms with Gasteiger partial charge in [0.15, 0.2) is 0 Å². The Morgan fingerprint density at radius 1 is 1.20 bits per heavy atom. The first kappa shape index (κ1) is 12.8. The summed E-state index contributed by atoms with van der Waals surface area (Å²) in [5.41, 5.74) is 6.93. The van der Waals surface area contributed by atoms with Gasteiger partial charge in [0.25, 0.3) is 5.89 Å². The second kappa shape index (κ2) is 5.40. The molecule has 2 aromatic heterocycles. The van der Waals surface area contributed by atoms with Crippen LogP contribution in [0.4, 0.5) is 0 Å². The van der Waals surface area contributed by atoms with Crippen molar-refractivity contribution in [2.75, 3.05) is 6.54 Å². The Bertz CT molecular complexity index is 705. The first-order valence-electron chi connectivity index (χ1n) is 6.04. The third-order valence-corrected chi connectivity index (χ3v) is 3.59. The standard InChI is InChI=1S/C13H12N4O2S/c14-6-5-11-15-10(7-20-11)13-16-12(17-19-13)8-1-3-9(18)4-2-8/h1-4,7,18H,5-6,14H2. The predicted octanol–water partition coefficient (Wildman–Crippen LogP) is 2.07. The molecule has 3 rings (SSSR count). The van der Waals surface area contributed by atoms with Gasteiger partial charge in [0.05, 0.1) is 5.01 Å². The topological polar surface area (TPSA) is 98.1 Å². The molecule has 2 heterocycles. The van der Waals surface area contributed by atoms with Gasteiger partial charge in [-0.25, -0.2) is 4.98 Å². The van der Waals surface area contributed by atoms with Crippen LogP contribution in [0.3, 0.4) is 0 Å². The molecule has 0 aliphatic carbocycles. The van der Waals surface area contributed by atoms with E-state index in [4.69, 9.17) is 10.3 Å². The molecule has 0 atom stereocenters. The third-order valence-electron chi connectivity index (χ3n) is 2.68. The zero-order chi connectivity index (χ0) is 13.9. The zero-order valence-electron chi connectivity index (χ0n) is 10.5. The van der Waals surface area contributed by atoms with Crippen LogP contribution in [0.15, 0.2) is 34.2 Å². The third kappa shape index (κ3) is 2.54. The van der Waals surface area contributed by atoms with Crippen molar-refractivity contribution in [2.24, 2.45) is 5.73 Å². The number of phenolic OH excluding ortho intramolecular Hbond substituents is 1. The molecule has 3 N–H and O–H groups in total. The molecule has 6 nitrogen and oxygen atoms in total. The fourth-order valence-corrected chi connectivity index (χ4v) is 2.49. The van der Waals surface area contributed by atoms with Gasteiger partial charge in [-0.1, -0.05) is 5.16 Å². The lowest BCUT2D eigenvalue weighted by molar-refractivity contribution is 0.431. The highest BCUT2D eigenvalue weighted by atomic mass is 32.1. The van der Waals surface area contributed by atoms with Gasteiger partial charge in [0.2, 0.25) is 5.82 Å². The van der Waals surface area contributed by atoms with Gasteiger partial charge in [0, 0.05) is 17.4 Å². The van der Waals surface area contributed by atoms with Gasteiger partial charge in [0.1, 0.15) is 11.4 Å². The van der Waals surface area contributed by atoms with Crippen molar-refractivity contribution in [1.29, 1.82) is 0 Å². The van der Waals surface area contributed by atoms with Crippen molar-refractivity contribution >= 4 is 11.3 Å². The van der Waals surface area contributed by atoms with Crippen molar-refractivity contribution in [3.8, 4) is 28.7 Å². The van der Waals surface area contributed by atoms with E-state index in [0.29, 0.717) is 24.0 Å². The molecule has 20 heavy (non-hydrogen) atoms. The predicted molar refractivity (Wildman–Crippen MR) is 75.3 cm³/mol. The molecule has 7 heteroatoms. The number of nitrogens with two attached hydrogens (primary N) is 1.